The fraction of sp³-hybridized carbons (Fsp3) is 0.250. The third kappa shape index (κ3) is 8.71. The Balaban J connectivity index is 1.88. The van der Waals surface area contributed by atoms with Crippen molar-refractivity contribution in [2.45, 2.75) is 43.2 Å². The maximum Gasteiger partial charge on any atom is 0.335 e. The van der Waals surface area contributed by atoms with E-state index in [2.05, 4.69) is 0 Å². The van der Waals surface area contributed by atoms with E-state index in [-0.39, 0.29) is 11.1 Å². The molecule has 0 radical (unpaired) electrons. The molecule has 0 saturated heterocycles. The van der Waals surface area contributed by atoms with Crippen molar-refractivity contribution >= 4 is 42.0 Å². The number of hydrogen-bond donors (Lipinski definition) is 7. The van der Waals surface area contributed by atoms with E-state index in [1.165, 1.54) is 12.1 Å². The lowest BCUT2D eigenvalue weighted by Crippen LogP contribution is -2.59. The number of aliphatic carboxylic acids is 2. The highest BCUT2D eigenvalue weighted by Crippen LogP contribution is 2.35. The number of carbonyl (C=O) groups excluding carboxylic acids is 3. The van der Waals surface area contributed by atoms with E-state index >= 15 is 0 Å². The van der Waals surface area contributed by atoms with Gasteiger partial charge in [-0.15, -0.1) is 0 Å². The normalized spacial score (nSPS) is 21.7. The maximum absolute atomic E-state index is 12.6. The number of carbonyl (C=O) groups is 5. The molecule has 1 fully saturated rings. The first kappa shape index (κ1) is 32.0. The number of phenols is 4. The van der Waals surface area contributed by atoms with Gasteiger partial charge in [-0.3, -0.25) is 9.59 Å². The van der Waals surface area contributed by atoms with E-state index in [1.54, 1.807) is 0 Å². The Morgan fingerprint density at radius 1 is 0.721 bits per heavy atom. The zero-order chi connectivity index (χ0) is 31.9. The SMILES string of the molecule is O=C(O)CC(=O)OC1[C@@H](OC(=O)C=Cc2ccc(O)c(O)c2)CC(O)(C(=O)O)C[C@H]1OC(=O)C=Cc1ccc(O)c(O)c1. The zero-order valence-electron chi connectivity index (χ0n) is 22.0. The van der Waals surface area contributed by atoms with Gasteiger partial charge in [-0.1, -0.05) is 12.1 Å². The monoisotopic (exact) mass is 602 g/mol. The van der Waals surface area contributed by atoms with Crippen LogP contribution < -0.4 is 0 Å². The topological polar surface area (TPSA) is 255 Å². The van der Waals surface area contributed by atoms with Gasteiger partial charge in [0, 0.05) is 25.0 Å². The number of phenolic OH excluding ortho intramolecular Hbond substituents is 4. The smallest absolute Gasteiger partial charge is 0.335 e. The molecule has 2 aromatic rings. The highest BCUT2D eigenvalue weighted by atomic mass is 16.6. The summed E-state index contributed by atoms with van der Waals surface area (Å²) in [4.78, 5) is 60.4. The lowest BCUT2D eigenvalue weighted by atomic mass is 9.79. The minimum absolute atomic E-state index is 0.239. The predicted molar refractivity (Wildman–Crippen MR) is 141 cm³/mol. The van der Waals surface area contributed by atoms with Gasteiger partial charge >= 0.3 is 29.8 Å². The lowest BCUT2D eigenvalue weighted by Gasteiger charge is -2.42. The van der Waals surface area contributed by atoms with Crippen molar-refractivity contribution in [2.75, 3.05) is 0 Å². The number of hydrogen-bond acceptors (Lipinski definition) is 13. The summed E-state index contributed by atoms with van der Waals surface area (Å²) in [7, 11) is 0. The Labute approximate surface area is 242 Å². The molecule has 1 saturated carbocycles. The van der Waals surface area contributed by atoms with Crippen LogP contribution in [0.25, 0.3) is 12.2 Å². The highest BCUT2D eigenvalue weighted by molar-refractivity contribution is 5.91. The quantitative estimate of drug-likeness (QED) is 0.0659. The van der Waals surface area contributed by atoms with E-state index in [1.807, 2.05) is 0 Å². The molecule has 4 atom stereocenters. The number of carboxylic acid groups (broad SMARTS) is 2. The summed E-state index contributed by atoms with van der Waals surface area (Å²) in [6.45, 7) is 0. The van der Waals surface area contributed by atoms with Crippen LogP contribution in [0, 0.1) is 0 Å². The van der Waals surface area contributed by atoms with Gasteiger partial charge in [-0.05, 0) is 47.5 Å². The molecule has 7 N–H and O–H groups in total. The van der Waals surface area contributed by atoms with Crippen molar-refractivity contribution in [1.82, 2.24) is 0 Å². The molecule has 228 valence electrons. The van der Waals surface area contributed by atoms with E-state index in [9.17, 15) is 54.6 Å². The van der Waals surface area contributed by atoms with E-state index in [0.717, 1.165) is 48.6 Å². The van der Waals surface area contributed by atoms with Crippen LogP contribution in [0.4, 0.5) is 0 Å². The third-order valence-electron chi connectivity index (χ3n) is 6.13. The number of rotatable bonds is 10. The number of ether oxygens (including phenoxy) is 3. The van der Waals surface area contributed by atoms with Crippen LogP contribution in [0.3, 0.4) is 0 Å². The van der Waals surface area contributed by atoms with Gasteiger partial charge in [0.25, 0.3) is 0 Å². The van der Waals surface area contributed by atoms with Crippen LogP contribution in [-0.2, 0) is 38.2 Å². The summed E-state index contributed by atoms with van der Waals surface area (Å²) in [5, 5.41) is 67.4. The molecule has 43 heavy (non-hydrogen) atoms. The Morgan fingerprint density at radius 3 is 1.53 bits per heavy atom. The maximum atomic E-state index is 12.6. The summed E-state index contributed by atoms with van der Waals surface area (Å²) in [5.41, 5.74) is -2.17. The van der Waals surface area contributed by atoms with Crippen molar-refractivity contribution in [1.29, 1.82) is 0 Å². The van der Waals surface area contributed by atoms with Crippen molar-refractivity contribution < 1.29 is 73.9 Å². The molecule has 15 heteroatoms. The predicted octanol–water partition coefficient (Wildman–Crippen LogP) is 1.06. The standard InChI is InChI=1S/C28H26O15/c29-16-5-1-14(9-18(16)31)3-7-23(35)41-20-12-28(40,27(38)39)13-21(26(20)43-25(37)11-22(33)34)42-24(36)8-4-15-2-6-17(30)19(32)10-15/h1-10,20-21,26,29-32,40H,11-13H2,(H,33,34)(H,38,39)/t20-,21+,26?,28?. The summed E-state index contributed by atoms with van der Waals surface area (Å²) < 4.78 is 15.6. The molecule has 2 unspecified atom stereocenters. The Hall–Kier alpha value is -5.57. The average molecular weight is 603 g/mol. The van der Waals surface area contributed by atoms with Crippen molar-refractivity contribution in [2.24, 2.45) is 0 Å². The second-order valence-corrected chi connectivity index (χ2v) is 9.38. The minimum atomic E-state index is -2.65. The van der Waals surface area contributed by atoms with E-state index in [4.69, 9.17) is 19.3 Å². The summed E-state index contributed by atoms with van der Waals surface area (Å²) in [6.07, 6.45) is -4.10. The Kier molecular flexibility index (Phi) is 9.95. The average Bonchev–Trinajstić information content (AvgIpc) is 2.91. The van der Waals surface area contributed by atoms with Crippen molar-refractivity contribution in [3.63, 3.8) is 0 Å². The van der Waals surface area contributed by atoms with E-state index < -0.39 is 96.0 Å². The lowest BCUT2D eigenvalue weighted by molar-refractivity contribution is -0.213. The van der Waals surface area contributed by atoms with Gasteiger partial charge in [0.15, 0.2) is 34.7 Å². The zero-order valence-corrected chi connectivity index (χ0v) is 22.0. The largest absolute Gasteiger partial charge is 0.504 e. The van der Waals surface area contributed by atoms with Crippen LogP contribution in [-0.4, -0.2) is 89.5 Å². The Bertz CT molecular complexity index is 1390. The molecule has 1 aliphatic carbocycles. The van der Waals surface area contributed by atoms with Crippen LogP contribution >= 0.6 is 0 Å². The van der Waals surface area contributed by atoms with Crippen molar-refractivity contribution in [3.8, 4) is 23.0 Å². The molecule has 1 aliphatic rings. The van der Waals surface area contributed by atoms with E-state index in [0.29, 0.717) is 0 Å². The number of benzene rings is 2. The third-order valence-corrected chi connectivity index (χ3v) is 6.13. The van der Waals surface area contributed by atoms with Gasteiger partial charge in [0.1, 0.15) is 18.6 Å². The van der Waals surface area contributed by atoms with Gasteiger partial charge in [-0.2, -0.15) is 0 Å². The highest BCUT2D eigenvalue weighted by Gasteiger charge is 2.54. The molecule has 0 aromatic heterocycles. The molecule has 2 aromatic carbocycles. The van der Waals surface area contributed by atoms with Gasteiger partial charge in [-0.25, -0.2) is 14.4 Å². The van der Waals surface area contributed by atoms with Crippen LogP contribution in [0.15, 0.2) is 48.6 Å². The number of carboxylic acids is 2. The second kappa shape index (κ2) is 13.4. The van der Waals surface area contributed by atoms with Crippen molar-refractivity contribution in [3.05, 3.63) is 59.7 Å². The number of aromatic hydroxyl groups is 4. The molecule has 0 amide bonds. The molecule has 0 spiro atoms. The minimum Gasteiger partial charge on any atom is -0.504 e. The fourth-order valence-electron chi connectivity index (χ4n) is 4.08. The number of aliphatic hydroxyl groups is 1. The molecular weight excluding hydrogens is 576 g/mol. The first-order valence-corrected chi connectivity index (χ1v) is 12.4. The molecule has 0 bridgehead atoms. The molecule has 15 nitrogen and oxygen atoms in total. The van der Waals surface area contributed by atoms with Gasteiger partial charge in [0.2, 0.25) is 0 Å². The summed E-state index contributed by atoms with van der Waals surface area (Å²) >= 11 is 0. The molecule has 0 aliphatic heterocycles. The van der Waals surface area contributed by atoms with Gasteiger partial charge < -0.3 is 50.0 Å². The molecular formula is C28H26O15. The van der Waals surface area contributed by atoms with Gasteiger partial charge in [0.05, 0.1) is 0 Å². The van der Waals surface area contributed by atoms with Crippen LogP contribution in [0.2, 0.25) is 0 Å². The molecule has 0 heterocycles. The first-order chi connectivity index (χ1) is 20.2. The first-order valence-electron chi connectivity index (χ1n) is 12.4. The Morgan fingerprint density at radius 2 is 1.16 bits per heavy atom. The molecule has 3 rings (SSSR count). The van der Waals surface area contributed by atoms with Crippen LogP contribution in [0.1, 0.15) is 30.4 Å². The van der Waals surface area contributed by atoms with Crippen LogP contribution in [0.5, 0.6) is 23.0 Å². The second-order valence-electron chi connectivity index (χ2n) is 9.38. The fourth-order valence-corrected chi connectivity index (χ4v) is 4.08. The summed E-state index contributed by atoms with van der Waals surface area (Å²) in [6, 6.07) is 7.18. The summed E-state index contributed by atoms with van der Waals surface area (Å²) in [5.74, 6) is -8.81. The number of esters is 3.